The Morgan fingerprint density at radius 2 is 1.16 bits per heavy atom. The quantitative estimate of drug-likeness (QED) is 0.266. The number of carbonyl (C=O) groups excluding carboxylic acids is 9. The van der Waals surface area contributed by atoms with Gasteiger partial charge in [-0.3, -0.25) is 38.4 Å². The third kappa shape index (κ3) is 16.1. The van der Waals surface area contributed by atoms with Crippen molar-refractivity contribution in [2.24, 2.45) is 35.5 Å². The number of hydrogen-bond acceptors (Lipinski definition) is 13. The molecular weight excluding hydrogens is 965 g/mol. The molecule has 0 aromatic rings. The van der Waals surface area contributed by atoms with Gasteiger partial charge in [-0.15, -0.1) is 0 Å². The Kier molecular flexibility index (Phi) is 24.9. The zero-order valence-electron chi connectivity index (χ0n) is 48.5. The van der Waals surface area contributed by atoms with Gasteiger partial charge in [-0.1, -0.05) is 74.8 Å². The van der Waals surface area contributed by atoms with Gasteiger partial charge in [0.15, 0.2) is 5.78 Å². The van der Waals surface area contributed by atoms with Crippen molar-refractivity contribution in [3.8, 4) is 0 Å². The summed E-state index contributed by atoms with van der Waals surface area (Å²) >= 11 is 0. The summed E-state index contributed by atoms with van der Waals surface area (Å²) in [6.45, 7) is 21.8. The largest absolute Gasteiger partial charge is 0.462 e. The number of fused-ring (bicyclic) bond motifs is 2. The minimum Gasteiger partial charge on any atom is -0.462 e. The van der Waals surface area contributed by atoms with Crippen molar-refractivity contribution in [1.82, 2.24) is 29.4 Å². The number of aliphatic hydroxyl groups is 1. The van der Waals surface area contributed by atoms with Crippen LogP contribution in [0.25, 0.3) is 0 Å². The van der Waals surface area contributed by atoms with E-state index in [0.29, 0.717) is 56.9 Å². The number of Topliss-reactive ketones (excluding diaryl/α,β-unsaturated/α-hetero) is 1. The molecule has 0 aliphatic carbocycles. The van der Waals surface area contributed by atoms with Crippen LogP contribution in [0.1, 0.15) is 147 Å². The minimum atomic E-state index is -1.21. The number of methoxy groups -OCH3 is 1. The number of carbonyl (C=O) groups is 9. The summed E-state index contributed by atoms with van der Waals surface area (Å²) in [6.07, 6.45) is 2.58. The topological polar surface area (TPSA) is 221 Å². The van der Waals surface area contributed by atoms with Gasteiger partial charge >= 0.3 is 11.9 Å². The van der Waals surface area contributed by atoms with Crippen LogP contribution in [0.3, 0.4) is 0 Å². The lowest BCUT2D eigenvalue weighted by Crippen LogP contribution is -2.62. The van der Waals surface area contributed by atoms with E-state index in [2.05, 4.69) is 0 Å². The lowest BCUT2D eigenvalue weighted by molar-refractivity contribution is -0.163. The van der Waals surface area contributed by atoms with E-state index in [1.807, 2.05) is 48.5 Å². The molecule has 426 valence electrons. The Balaban J connectivity index is 2.08. The summed E-state index contributed by atoms with van der Waals surface area (Å²) in [4.78, 5) is 136. The Labute approximate surface area is 447 Å². The molecule has 2 saturated heterocycles. The van der Waals surface area contributed by atoms with Gasteiger partial charge in [0.25, 0.3) is 0 Å². The molecule has 3 heterocycles. The van der Waals surface area contributed by atoms with E-state index >= 15 is 0 Å². The van der Waals surface area contributed by atoms with Crippen molar-refractivity contribution in [3.63, 3.8) is 0 Å². The zero-order chi connectivity index (χ0) is 56.9. The molecule has 19 nitrogen and oxygen atoms in total. The second kappa shape index (κ2) is 29.0. The summed E-state index contributed by atoms with van der Waals surface area (Å²) < 4.78 is 17.4. The number of ketones is 1. The number of esters is 2. The fourth-order valence-electron chi connectivity index (χ4n) is 10.6. The van der Waals surface area contributed by atoms with Crippen molar-refractivity contribution in [2.75, 3.05) is 55.0 Å². The first-order valence-electron chi connectivity index (χ1n) is 27.5. The molecule has 0 bridgehead atoms. The number of aliphatic hydroxyl groups excluding tert-OH is 1. The number of cyclic esters (lactones) is 2. The molecule has 3 aliphatic rings. The van der Waals surface area contributed by atoms with Crippen molar-refractivity contribution in [3.05, 3.63) is 11.6 Å². The van der Waals surface area contributed by atoms with Crippen LogP contribution in [0.15, 0.2) is 11.6 Å². The van der Waals surface area contributed by atoms with Gasteiger partial charge in [0.05, 0.1) is 25.0 Å². The molecule has 0 radical (unpaired) electrons. The maximum atomic E-state index is 14.8. The highest BCUT2D eigenvalue weighted by Crippen LogP contribution is 2.30. The first-order valence-corrected chi connectivity index (χ1v) is 27.5. The van der Waals surface area contributed by atoms with Crippen LogP contribution >= 0.6 is 0 Å². The van der Waals surface area contributed by atoms with Gasteiger partial charge in [-0.05, 0) is 107 Å². The number of allylic oxidation sites excluding steroid dienone is 2. The lowest BCUT2D eigenvalue weighted by Gasteiger charge is -2.41. The van der Waals surface area contributed by atoms with Crippen LogP contribution in [-0.2, 0) is 57.4 Å². The van der Waals surface area contributed by atoms with Gasteiger partial charge in [-0.2, -0.15) is 0 Å². The molecule has 0 aromatic heterocycles. The van der Waals surface area contributed by atoms with Crippen LogP contribution in [0.4, 0.5) is 0 Å². The summed E-state index contributed by atoms with van der Waals surface area (Å²) in [5, 5.41) is 11.1. The standard InChI is InChI=1S/C56H94N6O13/c1-18-35(8)49-53(69)60(16)47(33(4)5)52(68)57(13)42(31-73-17)51(67)61-28-20-22-40(61)50(66)59(15)48(34(6)7)54(70)62-29-21-23-41(62)56(72)75-45(32(2)3)25-19-24-43(63)38(11)55(71)74-39(12)36(9)26-27-37(10)44(64)30-46(65)58(49)14/h27,32-36,38-43,45,47-49,63H,18-26,28-31H2,1-17H3/b37-27+/t35-,36-,38+,39+,40-,41-,42-,43+,45-,47-,48-,49-/m0/s1. The van der Waals surface area contributed by atoms with Crippen LogP contribution in [0.2, 0.25) is 0 Å². The summed E-state index contributed by atoms with van der Waals surface area (Å²) in [7, 11) is 7.36. The smallest absolute Gasteiger partial charge is 0.329 e. The average Bonchev–Trinajstić information content (AvgIpc) is 4.06. The summed E-state index contributed by atoms with van der Waals surface area (Å²) in [6, 6.07) is -6.23. The molecule has 75 heavy (non-hydrogen) atoms. The minimum absolute atomic E-state index is 0.104. The number of hydrogen-bond donors (Lipinski definition) is 1. The van der Waals surface area contributed by atoms with Crippen LogP contribution in [0.5, 0.6) is 0 Å². The molecule has 12 atom stereocenters. The van der Waals surface area contributed by atoms with E-state index in [-0.39, 0.29) is 38.0 Å². The molecule has 1 N–H and O–H groups in total. The van der Waals surface area contributed by atoms with Crippen LogP contribution in [0, 0.1) is 35.5 Å². The molecule has 0 aromatic carbocycles. The molecule has 6 amide bonds. The van der Waals surface area contributed by atoms with E-state index in [4.69, 9.17) is 14.2 Å². The predicted octanol–water partition coefficient (Wildman–Crippen LogP) is 4.89. The van der Waals surface area contributed by atoms with E-state index in [0.717, 1.165) is 0 Å². The Hall–Kier alpha value is -4.91. The van der Waals surface area contributed by atoms with E-state index in [1.165, 1.54) is 64.7 Å². The Bertz CT molecular complexity index is 2040. The lowest BCUT2D eigenvalue weighted by atomic mass is 9.93. The number of rotatable bonds is 7. The number of ether oxygens (including phenoxy) is 3. The highest BCUT2D eigenvalue weighted by Gasteiger charge is 2.47. The highest BCUT2D eigenvalue weighted by molar-refractivity contribution is 6.07. The van der Waals surface area contributed by atoms with E-state index in [1.54, 1.807) is 40.7 Å². The SMILES string of the molecule is CC[C@H](C)[C@H]1C(=O)N(C)[C@@H](C(C)C)C(=O)N(C)[C@@H](COC)C(=O)N2CCC[C@H]2C(=O)N(C)[C@@H](C(C)C)C(=O)N2CCC[C@H]2C(=O)O[C@H](C(C)C)CCC[C@@H](O)[C@@H](C)C(=O)O[C@H](C)[C@@H](C)C/C=C(\C)C(=O)CC(=O)N1C. The first kappa shape index (κ1) is 64.4. The van der Waals surface area contributed by atoms with Crippen LogP contribution < -0.4 is 0 Å². The normalized spacial score (nSPS) is 31.6. The average molecular weight is 1060 g/mol. The molecular formula is C56H94N6O13. The highest BCUT2D eigenvalue weighted by atomic mass is 16.6. The fourth-order valence-corrected chi connectivity index (χ4v) is 10.6. The molecule has 19 heteroatoms. The van der Waals surface area contributed by atoms with Gasteiger partial charge in [0.2, 0.25) is 35.4 Å². The van der Waals surface area contributed by atoms with E-state index < -0.39 is 138 Å². The molecule has 3 aliphatic heterocycles. The third-order valence-corrected chi connectivity index (χ3v) is 16.2. The molecule has 0 unspecified atom stereocenters. The second-order valence-corrected chi connectivity index (χ2v) is 22.8. The van der Waals surface area contributed by atoms with Crippen molar-refractivity contribution in [1.29, 1.82) is 0 Å². The van der Waals surface area contributed by atoms with Crippen LogP contribution in [-0.4, -0.2) is 197 Å². The van der Waals surface area contributed by atoms with Gasteiger partial charge in [0, 0.05) is 48.4 Å². The second-order valence-electron chi connectivity index (χ2n) is 22.8. The molecule has 0 spiro atoms. The van der Waals surface area contributed by atoms with Gasteiger partial charge in [0.1, 0.15) is 48.5 Å². The van der Waals surface area contributed by atoms with Crippen molar-refractivity contribution in [2.45, 2.75) is 202 Å². The first-order chi connectivity index (χ1) is 35.0. The number of amides is 6. The van der Waals surface area contributed by atoms with Gasteiger partial charge < -0.3 is 48.7 Å². The Morgan fingerprint density at radius 3 is 1.71 bits per heavy atom. The maximum Gasteiger partial charge on any atom is 0.329 e. The predicted molar refractivity (Wildman–Crippen MR) is 283 cm³/mol. The summed E-state index contributed by atoms with van der Waals surface area (Å²) in [5.41, 5.74) is 0.326. The summed E-state index contributed by atoms with van der Waals surface area (Å²) in [5.74, 6) is -7.14. The number of nitrogens with zero attached hydrogens (tertiary/aromatic N) is 6. The monoisotopic (exact) mass is 1060 g/mol. The molecule has 2 fully saturated rings. The van der Waals surface area contributed by atoms with Crippen molar-refractivity contribution < 1.29 is 62.5 Å². The third-order valence-electron chi connectivity index (χ3n) is 16.2. The fraction of sp³-hybridized carbons (Fsp3) is 0.804. The van der Waals surface area contributed by atoms with Gasteiger partial charge in [-0.25, -0.2) is 4.79 Å². The molecule has 3 rings (SSSR count). The Morgan fingerprint density at radius 1 is 0.627 bits per heavy atom. The number of likely N-dealkylation sites (N-methyl/N-ethyl adjacent to an activating group) is 4. The van der Waals surface area contributed by atoms with Crippen molar-refractivity contribution >= 4 is 53.2 Å². The zero-order valence-corrected chi connectivity index (χ0v) is 48.5. The van der Waals surface area contributed by atoms with E-state index in [9.17, 15) is 48.3 Å². The maximum absolute atomic E-state index is 14.8. The molecule has 0 saturated carbocycles.